The molecule has 22 heavy (non-hydrogen) atoms. The Balaban J connectivity index is 2.33. The molecule has 2 aromatic rings. The average molecular weight is 343 g/mol. The zero-order chi connectivity index (χ0) is 16.3. The largest absolute Gasteiger partial charge is 0.417 e. The number of benzene rings is 1. The van der Waals surface area contributed by atoms with Crippen molar-refractivity contribution in [3.05, 3.63) is 57.7 Å². The van der Waals surface area contributed by atoms with Crippen LogP contribution in [-0.4, -0.2) is 4.98 Å². The molecule has 0 N–H and O–H groups in total. The fraction of sp³-hybridized carbons (Fsp3) is 0.200. The monoisotopic (exact) mass is 342 g/mol. The number of alkyl halides is 3. The molecule has 0 aliphatic rings. The van der Waals surface area contributed by atoms with Crippen molar-refractivity contribution in [1.82, 2.24) is 4.98 Å². The second-order valence-corrected chi connectivity index (χ2v) is 5.92. The number of thioether (sulfide) groups is 1. The molecule has 0 aliphatic carbocycles. The van der Waals surface area contributed by atoms with E-state index in [-0.39, 0.29) is 10.7 Å². The molecule has 7 heteroatoms. The van der Waals surface area contributed by atoms with Crippen LogP contribution >= 0.6 is 23.4 Å². The summed E-state index contributed by atoms with van der Waals surface area (Å²) in [5.41, 5.74) is -0.266. The minimum Gasteiger partial charge on any atom is -0.245 e. The molecule has 0 unspecified atom stereocenters. The topological polar surface area (TPSA) is 36.7 Å². The van der Waals surface area contributed by atoms with E-state index in [1.807, 2.05) is 0 Å². The Morgan fingerprint density at radius 2 is 1.91 bits per heavy atom. The van der Waals surface area contributed by atoms with Crippen molar-refractivity contribution in [3.63, 3.8) is 0 Å². The van der Waals surface area contributed by atoms with Crippen molar-refractivity contribution in [2.75, 3.05) is 0 Å². The summed E-state index contributed by atoms with van der Waals surface area (Å²) in [4.78, 5) is 4.07. The van der Waals surface area contributed by atoms with Gasteiger partial charge in [0.2, 0.25) is 0 Å². The highest BCUT2D eigenvalue weighted by molar-refractivity contribution is 7.98. The van der Waals surface area contributed by atoms with Crippen LogP contribution in [0.15, 0.2) is 35.4 Å². The fourth-order valence-electron chi connectivity index (χ4n) is 1.81. The van der Waals surface area contributed by atoms with Crippen LogP contribution in [0.4, 0.5) is 13.2 Å². The molecule has 0 fully saturated rings. The predicted octanol–water partition coefficient (Wildman–Crippen LogP) is 5.23. The van der Waals surface area contributed by atoms with Crippen LogP contribution in [0.2, 0.25) is 5.02 Å². The van der Waals surface area contributed by atoms with Gasteiger partial charge in [-0.25, -0.2) is 4.98 Å². The van der Waals surface area contributed by atoms with Crippen LogP contribution in [0, 0.1) is 18.3 Å². The third kappa shape index (κ3) is 3.93. The van der Waals surface area contributed by atoms with Crippen molar-refractivity contribution in [1.29, 1.82) is 5.26 Å². The van der Waals surface area contributed by atoms with E-state index >= 15 is 0 Å². The van der Waals surface area contributed by atoms with Crippen molar-refractivity contribution in [2.24, 2.45) is 0 Å². The first-order chi connectivity index (χ1) is 10.3. The molecule has 1 aromatic heterocycles. The molecule has 0 atom stereocenters. The summed E-state index contributed by atoms with van der Waals surface area (Å²) >= 11 is 6.88. The lowest BCUT2D eigenvalue weighted by atomic mass is 10.1. The van der Waals surface area contributed by atoms with Gasteiger partial charge in [0, 0.05) is 16.5 Å². The first-order valence-electron chi connectivity index (χ1n) is 6.17. The molecular weight excluding hydrogens is 333 g/mol. The number of halogens is 4. The Hall–Kier alpha value is -1.71. The van der Waals surface area contributed by atoms with Gasteiger partial charge in [0.05, 0.1) is 11.1 Å². The van der Waals surface area contributed by atoms with Crippen molar-refractivity contribution in [3.8, 4) is 6.07 Å². The smallest absolute Gasteiger partial charge is 0.245 e. The molecule has 0 saturated carbocycles. The van der Waals surface area contributed by atoms with Crippen LogP contribution in [0.25, 0.3) is 0 Å². The Morgan fingerprint density at radius 3 is 2.45 bits per heavy atom. The predicted molar refractivity (Wildman–Crippen MR) is 79.7 cm³/mol. The molecule has 2 nitrogen and oxygen atoms in total. The zero-order valence-corrected chi connectivity index (χ0v) is 13.0. The van der Waals surface area contributed by atoms with Crippen molar-refractivity contribution in [2.45, 2.75) is 23.9 Å². The molecule has 114 valence electrons. The number of hydrogen-bond donors (Lipinski definition) is 0. The summed E-state index contributed by atoms with van der Waals surface area (Å²) in [5.74, 6) is 0.402. The molecular formula is C15H10ClF3N2S. The summed E-state index contributed by atoms with van der Waals surface area (Å²) in [6.07, 6.45) is -4.58. The number of nitrogens with zero attached hydrogens (tertiary/aromatic N) is 2. The summed E-state index contributed by atoms with van der Waals surface area (Å²) in [6.45, 7) is 1.47. The van der Waals surface area contributed by atoms with E-state index in [1.165, 1.54) is 6.92 Å². The van der Waals surface area contributed by atoms with Crippen LogP contribution in [0.5, 0.6) is 0 Å². The number of pyridine rings is 1. The number of nitriles is 1. The maximum absolute atomic E-state index is 13.0. The molecule has 0 aliphatic heterocycles. The van der Waals surface area contributed by atoms with Gasteiger partial charge in [-0.1, -0.05) is 23.7 Å². The van der Waals surface area contributed by atoms with Gasteiger partial charge in [-0.05, 0) is 30.7 Å². The minimum atomic E-state index is -4.58. The lowest BCUT2D eigenvalue weighted by Gasteiger charge is -2.12. The molecule has 0 amide bonds. The van der Waals surface area contributed by atoms with Crippen LogP contribution in [-0.2, 0) is 11.9 Å². The van der Waals surface area contributed by atoms with Crippen LogP contribution < -0.4 is 0 Å². The molecule has 0 radical (unpaired) electrons. The number of aryl methyl sites for hydroxylation is 1. The maximum atomic E-state index is 13.0. The van der Waals surface area contributed by atoms with Gasteiger partial charge in [0.1, 0.15) is 11.1 Å². The van der Waals surface area contributed by atoms with Gasteiger partial charge in [-0.15, -0.1) is 11.8 Å². The van der Waals surface area contributed by atoms with Gasteiger partial charge in [-0.2, -0.15) is 18.4 Å². The van der Waals surface area contributed by atoms with E-state index in [0.29, 0.717) is 10.8 Å². The lowest BCUT2D eigenvalue weighted by Crippen LogP contribution is -2.10. The highest BCUT2D eigenvalue weighted by Crippen LogP contribution is 2.36. The molecule has 1 aromatic carbocycles. The fourth-order valence-corrected chi connectivity index (χ4v) is 2.94. The molecule has 2 rings (SSSR count). The quantitative estimate of drug-likeness (QED) is 0.717. The molecule has 0 bridgehead atoms. The number of hydrogen-bond acceptors (Lipinski definition) is 3. The third-order valence-electron chi connectivity index (χ3n) is 2.82. The van der Waals surface area contributed by atoms with Gasteiger partial charge in [-0.3, -0.25) is 0 Å². The second-order valence-electron chi connectivity index (χ2n) is 4.52. The summed E-state index contributed by atoms with van der Waals surface area (Å²) in [7, 11) is 0. The zero-order valence-electron chi connectivity index (χ0n) is 11.4. The van der Waals surface area contributed by atoms with Crippen LogP contribution in [0.1, 0.15) is 22.4 Å². The van der Waals surface area contributed by atoms with E-state index in [2.05, 4.69) is 4.98 Å². The Kier molecular flexibility index (Phi) is 4.99. The Bertz CT molecular complexity index is 721. The molecule has 0 saturated heterocycles. The average Bonchev–Trinajstić information content (AvgIpc) is 2.45. The summed E-state index contributed by atoms with van der Waals surface area (Å²) in [6, 6.07) is 9.48. The van der Waals surface area contributed by atoms with Gasteiger partial charge < -0.3 is 0 Å². The standard InChI is InChI=1S/C15H10ClF3N2S/c1-9-6-13(15(17,18)19)12(7-20)14(21-9)22-8-10-2-4-11(16)5-3-10/h2-6H,8H2,1H3. The summed E-state index contributed by atoms with van der Waals surface area (Å²) < 4.78 is 39.0. The molecule has 1 heterocycles. The Labute approximate surface area is 134 Å². The van der Waals surface area contributed by atoms with Gasteiger partial charge in [0.15, 0.2) is 0 Å². The third-order valence-corrected chi connectivity index (χ3v) is 4.12. The van der Waals surface area contributed by atoms with E-state index in [0.717, 1.165) is 23.4 Å². The molecule has 0 spiro atoms. The van der Waals surface area contributed by atoms with E-state index in [4.69, 9.17) is 16.9 Å². The van der Waals surface area contributed by atoms with E-state index < -0.39 is 17.3 Å². The second kappa shape index (κ2) is 6.59. The van der Waals surface area contributed by atoms with E-state index in [9.17, 15) is 13.2 Å². The minimum absolute atomic E-state index is 0.0878. The van der Waals surface area contributed by atoms with Gasteiger partial charge >= 0.3 is 6.18 Å². The van der Waals surface area contributed by atoms with Crippen molar-refractivity contribution < 1.29 is 13.2 Å². The maximum Gasteiger partial charge on any atom is 0.417 e. The highest BCUT2D eigenvalue weighted by Gasteiger charge is 2.35. The van der Waals surface area contributed by atoms with Gasteiger partial charge in [0.25, 0.3) is 0 Å². The SMILES string of the molecule is Cc1cc(C(F)(F)F)c(C#N)c(SCc2ccc(Cl)cc2)n1. The lowest BCUT2D eigenvalue weighted by molar-refractivity contribution is -0.138. The first kappa shape index (κ1) is 16.7. The Morgan fingerprint density at radius 1 is 1.27 bits per heavy atom. The highest BCUT2D eigenvalue weighted by atomic mass is 35.5. The van der Waals surface area contributed by atoms with E-state index in [1.54, 1.807) is 30.3 Å². The first-order valence-corrected chi connectivity index (χ1v) is 7.54. The summed E-state index contributed by atoms with van der Waals surface area (Å²) in [5, 5.41) is 9.74. The normalized spacial score (nSPS) is 11.3. The van der Waals surface area contributed by atoms with Crippen molar-refractivity contribution >= 4 is 23.4 Å². The number of rotatable bonds is 3. The van der Waals surface area contributed by atoms with Crippen LogP contribution in [0.3, 0.4) is 0 Å². The number of aromatic nitrogens is 1.